The third-order valence-electron chi connectivity index (χ3n) is 12.3. The predicted molar refractivity (Wildman–Crippen MR) is 283 cm³/mol. The molecule has 0 fully saturated rings. The van der Waals surface area contributed by atoms with Gasteiger partial charge in [-0.15, -0.1) is 0 Å². The van der Waals surface area contributed by atoms with Gasteiger partial charge in [0, 0.05) is 0 Å². The molecule has 0 radical (unpaired) electrons. The summed E-state index contributed by atoms with van der Waals surface area (Å²) in [5.41, 5.74) is 3.26. The van der Waals surface area contributed by atoms with Crippen molar-refractivity contribution in [3.63, 3.8) is 0 Å². The van der Waals surface area contributed by atoms with E-state index in [0.717, 1.165) is 55.2 Å². The number of hydrogen-bond donors (Lipinski definition) is 0. The molecule has 0 bridgehead atoms. The number of phosphoric acid groups is 1. The van der Waals surface area contributed by atoms with Crippen LogP contribution >= 0.6 is 7.82 Å². The minimum atomic E-state index is -4.17. The van der Waals surface area contributed by atoms with Gasteiger partial charge in [-0.1, -0.05) is 248 Å². The Morgan fingerprint density at radius 1 is 0.338 bits per heavy atom. The lowest BCUT2D eigenvalue weighted by Gasteiger charge is -2.20. The van der Waals surface area contributed by atoms with Crippen LogP contribution in [0.25, 0.3) is 0 Å². The quantitative estimate of drug-likeness (QED) is 0.0323. The first-order valence-corrected chi connectivity index (χ1v) is 28.4. The molecule has 0 aromatic heterocycles. The summed E-state index contributed by atoms with van der Waals surface area (Å²) in [4.78, 5) is 0. The van der Waals surface area contributed by atoms with Gasteiger partial charge in [-0.05, 0) is 111 Å². The molecule has 0 atom stereocenters. The molecule has 0 aliphatic rings. The third-order valence-corrected chi connectivity index (χ3v) is 13.6. The maximum atomic E-state index is 14.8. The molecule has 65 heavy (non-hydrogen) atoms. The molecule has 0 saturated heterocycles. The predicted octanol–water partition coefficient (Wildman–Crippen LogP) is 20.4. The van der Waals surface area contributed by atoms with Crippen LogP contribution in [0.1, 0.15) is 230 Å². The molecule has 0 amide bonds. The monoisotopic (exact) mass is 909 g/mol. The van der Waals surface area contributed by atoms with Crippen molar-refractivity contribution in [2.24, 2.45) is 0 Å². The van der Waals surface area contributed by atoms with Gasteiger partial charge in [-0.25, -0.2) is 0 Å². The van der Waals surface area contributed by atoms with E-state index in [0.29, 0.717) is 17.2 Å². The van der Waals surface area contributed by atoms with Gasteiger partial charge in [0.1, 0.15) is 17.2 Å². The fourth-order valence-corrected chi connectivity index (χ4v) is 9.59. The lowest BCUT2D eigenvalue weighted by molar-refractivity contribution is 0.298. The standard InChI is InChI=1S/C60H93O4P/c1-4-7-10-13-16-19-22-25-28-31-34-37-43-55-46-40-49-58(52-55)62-65(61,63-59-50-41-47-56(53-59)44-38-35-32-29-26-23-20-17-14-11-8-5-2)64-60-51-42-48-57(54-60)45-39-36-33-30-27-24-21-18-15-12-9-6-3/h34-42,46-54H,4-33,43-45H2,1-3H3/b37-34+,38-35+,39-36+. The summed E-state index contributed by atoms with van der Waals surface area (Å²) >= 11 is 0. The average molecular weight is 909 g/mol. The number of hydrogen-bond acceptors (Lipinski definition) is 4. The summed E-state index contributed by atoms with van der Waals surface area (Å²) in [5, 5.41) is 0. The second kappa shape index (κ2) is 38.6. The highest BCUT2D eigenvalue weighted by molar-refractivity contribution is 7.49. The summed E-state index contributed by atoms with van der Waals surface area (Å²) in [6, 6.07) is 23.5. The van der Waals surface area contributed by atoms with E-state index in [-0.39, 0.29) is 0 Å². The summed E-state index contributed by atoms with van der Waals surface area (Å²) < 4.78 is 33.5. The van der Waals surface area contributed by atoms with Crippen molar-refractivity contribution in [1.29, 1.82) is 0 Å². The van der Waals surface area contributed by atoms with Crippen LogP contribution in [0.15, 0.2) is 109 Å². The molecule has 0 aliphatic carbocycles. The van der Waals surface area contributed by atoms with Crippen molar-refractivity contribution in [3.8, 4) is 17.2 Å². The van der Waals surface area contributed by atoms with Gasteiger partial charge in [-0.3, -0.25) is 0 Å². The van der Waals surface area contributed by atoms with Crippen molar-refractivity contribution in [1.82, 2.24) is 0 Å². The maximum absolute atomic E-state index is 14.8. The molecular weight excluding hydrogens is 816 g/mol. The minimum absolute atomic E-state index is 0.462. The fraction of sp³-hybridized carbons (Fsp3) is 0.600. The van der Waals surface area contributed by atoms with E-state index < -0.39 is 7.82 Å². The topological polar surface area (TPSA) is 44.8 Å². The first-order valence-electron chi connectivity index (χ1n) is 26.9. The van der Waals surface area contributed by atoms with E-state index in [9.17, 15) is 4.57 Å². The molecule has 0 spiro atoms. The Balaban J connectivity index is 1.58. The number of allylic oxidation sites excluding steroid dienone is 6. The van der Waals surface area contributed by atoms with Crippen molar-refractivity contribution in [2.45, 2.75) is 233 Å². The Kier molecular flexibility index (Phi) is 33.2. The lowest BCUT2D eigenvalue weighted by atomic mass is 10.1. The van der Waals surface area contributed by atoms with Gasteiger partial charge >= 0.3 is 7.82 Å². The Morgan fingerprint density at radius 3 is 0.846 bits per heavy atom. The molecule has 3 rings (SSSR count). The van der Waals surface area contributed by atoms with Crippen molar-refractivity contribution >= 4 is 7.82 Å². The number of rotatable bonds is 42. The van der Waals surface area contributed by atoms with Gasteiger partial charge in [0.25, 0.3) is 0 Å². The van der Waals surface area contributed by atoms with E-state index in [1.807, 2.05) is 54.6 Å². The van der Waals surface area contributed by atoms with Gasteiger partial charge < -0.3 is 13.6 Å². The molecule has 0 N–H and O–H groups in total. The first kappa shape index (κ1) is 55.8. The molecule has 5 heteroatoms. The highest BCUT2D eigenvalue weighted by Gasteiger charge is 2.33. The summed E-state index contributed by atoms with van der Waals surface area (Å²) in [5.74, 6) is 1.39. The smallest absolute Gasteiger partial charge is 0.386 e. The molecular formula is C60H93O4P. The highest BCUT2D eigenvalue weighted by Crippen LogP contribution is 2.50. The van der Waals surface area contributed by atoms with Crippen LogP contribution in [0.2, 0.25) is 0 Å². The normalized spacial score (nSPS) is 12.0. The largest absolute Gasteiger partial charge is 0.647 e. The molecule has 0 heterocycles. The van der Waals surface area contributed by atoms with Crippen molar-refractivity contribution < 1.29 is 18.1 Å². The Morgan fingerprint density at radius 2 is 0.585 bits per heavy atom. The van der Waals surface area contributed by atoms with Gasteiger partial charge in [-0.2, -0.15) is 4.57 Å². The van der Waals surface area contributed by atoms with Crippen LogP contribution in [0, 0.1) is 0 Å². The summed E-state index contributed by atoms with van der Waals surface area (Å²) in [6.45, 7) is 6.83. The van der Waals surface area contributed by atoms with E-state index in [2.05, 4.69) is 75.4 Å². The number of phosphoric ester groups is 1. The number of benzene rings is 3. The van der Waals surface area contributed by atoms with Crippen molar-refractivity contribution in [3.05, 3.63) is 126 Å². The molecule has 0 unspecified atom stereocenters. The molecule has 3 aromatic rings. The second-order valence-electron chi connectivity index (χ2n) is 18.5. The van der Waals surface area contributed by atoms with Gasteiger partial charge in [0.15, 0.2) is 0 Å². The number of unbranched alkanes of at least 4 members (excludes halogenated alkanes) is 27. The van der Waals surface area contributed by atoms with Crippen LogP contribution < -0.4 is 13.6 Å². The highest BCUT2D eigenvalue weighted by atomic mass is 31.2. The maximum Gasteiger partial charge on any atom is 0.647 e. The third kappa shape index (κ3) is 29.7. The zero-order valence-electron chi connectivity index (χ0n) is 41.8. The van der Waals surface area contributed by atoms with Crippen LogP contribution in [-0.2, 0) is 23.8 Å². The van der Waals surface area contributed by atoms with Gasteiger partial charge in [0.2, 0.25) is 0 Å². The summed E-state index contributed by atoms with van der Waals surface area (Å²) in [6.07, 6.45) is 55.5. The van der Waals surface area contributed by atoms with Crippen LogP contribution in [0.4, 0.5) is 0 Å². The van der Waals surface area contributed by atoms with E-state index >= 15 is 0 Å². The zero-order chi connectivity index (χ0) is 46.1. The zero-order valence-corrected chi connectivity index (χ0v) is 42.7. The lowest BCUT2D eigenvalue weighted by Crippen LogP contribution is -2.08. The molecule has 362 valence electrons. The fourth-order valence-electron chi connectivity index (χ4n) is 8.36. The van der Waals surface area contributed by atoms with Crippen LogP contribution in [0.3, 0.4) is 0 Å². The van der Waals surface area contributed by atoms with E-state index in [4.69, 9.17) is 13.6 Å². The Hall–Kier alpha value is -3.49. The average Bonchev–Trinajstić information content (AvgIpc) is 3.30. The van der Waals surface area contributed by atoms with Gasteiger partial charge in [0.05, 0.1) is 0 Å². The van der Waals surface area contributed by atoms with Crippen LogP contribution in [0.5, 0.6) is 17.2 Å². The van der Waals surface area contributed by atoms with Crippen molar-refractivity contribution in [2.75, 3.05) is 0 Å². The van der Waals surface area contributed by atoms with E-state index in [1.54, 1.807) is 0 Å². The first-order chi connectivity index (χ1) is 32.0. The SMILES string of the molecule is CCCCCCCCCCC/C=C/Cc1cccc(OP(=O)(Oc2cccc(C/C=C/CCCCCCCCCCC)c2)Oc2cccc(C/C=C/CCCCCCCCCCC)c2)c1. The Labute approximate surface area is 400 Å². The second-order valence-corrected chi connectivity index (χ2v) is 20.0. The molecule has 3 aromatic carbocycles. The summed E-state index contributed by atoms with van der Waals surface area (Å²) in [7, 11) is -4.17. The minimum Gasteiger partial charge on any atom is -0.386 e. The molecule has 0 aliphatic heterocycles. The Bertz CT molecular complexity index is 1530. The molecule has 0 saturated carbocycles. The molecule has 4 nitrogen and oxygen atoms in total. The van der Waals surface area contributed by atoms with E-state index in [1.165, 1.54) is 173 Å². The van der Waals surface area contributed by atoms with Crippen LogP contribution in [-0.4, -0.2) is 0 Å².